The third-order valence-corrected chi connectivity index (χ3v) is 3.95. The van der Waals surface area contributed by atoms with Crippen molar-refractivity contribution in [3.8, 4) is 0 Å². The molecule has 0 heterocycles. The summed E-state index contributed by atoms with van der Waals surface area (Å²) in [7, 11) is 1.89. The van der Waals surface area contributed by atoms with E-state index in [0.29, 0.717) is 18.5 Å². The molecule has 2 aliphatic carbocycles. The van der Waals surface area contributed by atoms with Gasteiger partial charge in [-0.05, 0) is 44.6 Å². The lowest BCUT2D eigenvalue weighted by Gasteiger charge is -2.26. The Morgan fingerprint density at radius 2 is 2.12 bits per heavy atom. The van der Waals surface area contributed by atoms with Gasteiger partial charge in [-0.2, -0.15) is 0 Å². The Kier molecular flexibility index (Phi) is 4.40. The van der Waals surface area contributed by atoms with Gasteiger partial charge in [0.05, 0.1) is 12.6 Å². The van der Waals surface area contributed by atoms with E-state index >= 15 is 0 Å². The number of aliphatic hydroxyl groups excluding tert-OH is 1. The zero-order valence-corrected chi connectivity index (χ0v) is 10.7. The minimum absolute atomic E-state index is 0.125. The number of nitrogens with one attached hydrogen (secondary N) is 1. The number of nitrogens with zero attached hydrogens (tertiary/aromatic N) is 1. The zero-order chi connectivity index (χ0) is 12.3. The van der Waals surface area contributed by atoms with Crippen LogP contribution in [0.5, 0.6) is 0 Å². The highest BCUT2D eigenvalue weighted by Crippen LogP contribution is 2.25. The molecule has 0 bridgehead atoms. The fourth-order valence-corrected chi connectivity index (χ4v) is 2.62. The first kappa shape index (κ1) is 12.8. The SMILES string of the molecule is CN(C(=O)CNCC1CCCC(O)C1)C1CC1. The van der Waals surface area contributed by atoms with Crippen LogP contribution in [0.15, 0.2) is 0 Å². The Labute approximate surface area is 103 Å². The summed E-state index contributed by atoms with van der Waals surface area (Å²) < 4.78 is 0. The molecule has 0 aromatic rings. The molecule has 2 atom stereocenters. The quantitative estimate of drug-likeness (QED) is 0.745. The van der Waals surface area contributed by atoms with Crippen molar-refractivity contribution in [2.24, 2.45) is 5.92 Å². The van der Waals surface area contributed by atoms with Gasteiger partial charge in [0, 0.05) is 13.1 Å². The molecule has 17 heavy (non-hydrogen) atoms. The first-order chi connectivity index (χ1) is 8.16. The summed E-state index contributed by atoms with van der Waals surface area (Å²) in [5.41, 5.74) is 0. The molecule has 2 unspecified atom stereocenters. The highest BCUT2D eigenvalue weighted by Gasteiger charge is 2.29. The van der Waals surface area contributed by atoms with Crippen molar-refractivity contribution in [2.45, 2.75) is 50.7 Å². The van der Waals surface area contributed by atoms with E-state index in [0.717, 1.165) is 38.6 Å². The molecule has 0 saturated heterocycles. The summed E-state index contributed by atoms with van der Waals surface area (Å²) in [5.74, 6) is 0.738. The number of aliphatic hydroxyl groups is 1. The highest BCUT2D eigenvalue weighted by molar-refractivity contribution is 5.78. The summed E-state index contributed by atoms with van der Waals surface area (Å²) in [6.07, 6.45) is 6.33. The molecule has 0 radical (unpaired) electrons. The summed E-state index contributed by atoms with van der Waals surface area (Å²) >= 11 is 0. The summed E-state index contributed by atoms with van der Waals surface area (Å²) in [6.45, 7) is 1.31. The van der Waals surface area contributed by atoms with Crippen molar-refractivity contribution >= 4 is 5.91 Å². The third-order valence-electron chi connectivity index (χ3n) is 3.95. The van der Waals surface area contributed by atoms with Gasteiger partial charge in [0.15, 0.2) is 0 Å². The van der Waals surface area contributed by atoms with E-state index in [2.05, 4.69) is 5.32 Å². The second kappa shape index (κ2) is 5.83. The average Bonchev–Trinajstić information content (AvgIpc) is 3.12. The maximum Gasteiger partial charge on any atom is 0.236 e. The van der Waals surface area contributed by atoms with E-state index in [-0.39, 0.29) is 12.0 Å². The minimum atomic E-state index is -0.125. The Morgan fingerprint density at radius 1 is 1.35 bits per heavy atom. The number of amides is 1. The fraction of sp³-hybridized carbons (Fsp3) is 0.923. The molecular formula is C13H24N2O2. The third kappa shape index (κ3) is 3.96. The van der Waals surface area contributed by atoms with Crippen LogP contribution in [0.25, 0.3) is 0 Å². The Balaban J connectivity index is 1.60. The molecule has 0 aromatic heterocycles. The van der Waals surface area contributed by atoms with Crippen LogP contribution in [0.4, 0.5) is 0 Å². The standard InChI is InChI=1S/C13H24N2O2/c1-15(11-5-6-11)13(17)9-14-8-10-3-2-4-12(16)7-10/h10-12,14,16H,2-9H2,1H3. The molecule has 1 amide bonds. The van der Waals surface area contributed by atoms with Gasteiger partial charge in [0.2, 0.25) is 5.91 Å². The maximum absolute atomic E-state index is 11.7. The monoisotopic (exact) mass is 240 g/mol. The number of rotatable bonds is 5. The molecule has 2 N–H and O–H groups in total. The van der Waals surface area contributed by atoms with Crippen LogP contribution >= 0.6 is 0 Å². The average molecular weight is 240 g/mol. The van der Waals surface area contributed by atoms with Gasteiger partial charge in [-0.25, -0.2) is 0 Å². The molecule has 0 spiro atoms. The van der Waals surface area contributed by atoms with Gasteiger partial charge in [-0.3, -0.25) is 4.79 Å². The van der Waals surface area contributed by atoms with Gasteiger partial charge in [0.1, 0.15) is 0 Å². The zero-order valence-electron chi connectivity index (χ0n) is 10.7. The molecule has 2 fully saturated rings. The number of likely N-dealkylation sites (N-methyl/N-ethyl adjacent to an activating group) is 1. The lowest BCUT2D eigenvalue weighted by molar-refractivity contribution is -0.129. The largest absolute Gasteiger partial charge is 0.393 e. The number of hydrogen-bond acceptors (Lipinski definition) is 3. The van der Waals surface area contributed by atoms with E-state index in [9.17, 15) is 9.90 Å². The van der Waals surface area contributed by atoms with Crippen molar-refractivity contribution in [3.63, 3.8) is 0 Å². The molecule has 0 aliphatic heterocycles. The molecule has 4 nitrogen and oxygen atoms in total. The summed E-state index contributed by atoms with van der Waals surface area (Å²) in [6, 6.07) is 0.501. The predicted molar refractivity (Wildman–Crippen MR) is 66.6 cm³/mol. The lowest BCUT2D eigenvalue weighted by atomic mass is 9.87. The molecule has 0 aromatic carbocycles. The van der Waals surface area contributed by atoms with E-state index in [1.165, 1.54) is 6.42 Å². The van der Waals surface area contributed by atoms with Gasteiger partial charge in [0.25, 0.3) is 0 Å². The summed E-state index contributed by atoms with van der Waals surface area (Å²) in [4.78, 5) is 13.6. The Morgan fingerprint density at radius 3 is 2.76 bits per heavy atom. The second-order valence-corrected chi connectivity index (χ2v) is 5.55. The molecule has 4 heteroatoms. The van der Waals surface area contributed by atoms with Crippen LogP contribution in [0, 0.1) is 5.92 Å². The van der Waals surface area contributed by atoms with Crippen molar-refractivity contribution in [3.05, 3.63) is 0 Å². The number of carbonyl (C=O) groups is 1. The van der Waals surface area contributed by atoms with Crippen molar-refractivity contribution in [1.29, 1.82) is 0 Å². The van der Waals surface area contributed by atoms with Crippen molar-refractivity contribution in [1.82, 2.24) is 10.2 Å². The minimum Gasteiger partial charge on any atom is -0.393 e. The molecule has 2 saturated carbocycles. The Bertz CT molecular complexity index is 266. The van der Waals surface area contributed by atoms with Gasteiger partial charge in [-0.15, -0.1) is 0 Å². The van der Waals surface area contributed by atoms with E-state index in [4.69, 9.17) is 0 Å². The van der Waals surface area contributed by atoms with E-state index in [1.807, 2.05) is 11.9 Å². The normalized spacial score (nSPS) is 29.1. The van der Waals surface area contributed by atoms with E-state index < -0.39 is 0 Å². The molecular weight excluding hydrogens is 216 g/mol. The lowest BCUT2D eigenvalue weighted by Crippen LogP contribution is -2.39. The van der Waals surface area contributed by atoms with Crippen LogP contribution in [-0.2, 0) is 4.79 Å². The molecule has 98 valence electrons. The van der Waals surface area contributed by atoms with Gasteiger partial charge >= 0.3 is 0 Å². The van der Waals surface area contributed by atoms with Gasteiger partial charge in [-0.1, -0.05) is 6.42 Å². The number of hydrogen-bond donors (Lipinski definition) is 2. The van der Waals surface area contributed by atoms with Gasteiger partial charge < -0.3 is 15.3 Å². The highest BCUT2D eigenvalue weighted by atomic mass is 16.3. The van der Waals surface area contributed by atoms with Crippen LogP contribution < -0.4 is 5.32 Å². The molecule has 2 rings (SSSR count). The van der Waals surface area contributed by atoms with Crippen LogP contribution in [0.3, 0.4) is 0 Å². The summed E-state index contributed by atoms with van der Waals surface area (Å²) in [5, 5.41) is 12.8. The Hall–Kier alpha value is -0.610. The number of carbonyl (C=O) groups excluding carboxylic acids is 1. The smallest absolute Gasteiger partial charge is 0.236 e. The first-order valence-corrected chi connectivity index (χ1v) is 6.81. The fourth-order valence-electron chi connectivity index (χ4n) is 2.62. The van der Waals surface area contributed by atoms with Crippen molar-refractivity contribution < 1.29 is 9.90 Å². The van der Waals surface area contributed by atoms with Crippen molar-refractivity contribution in [2.75, 3.05) is 20.1 Å². The van der Waals surface area contributed by atoms with Crippen LogP contribution in [0.1, 0.15) is 38.5 Å². The van der Waals surface area contributed by atoms with Crippen LogP contribution in [-0.4, -0.2) is 48.2 Å². The first-order valence-electron chi connectivity index (χ1n) is 6.81. The van der Waals surface area contributed by atoms with Crippen LogP contribution in [0.2, 0.25) is 0 Å². The topological polar surface area (TPSA) is 52.6 Å². The molecule has 2 aliphatic rings. The predicted octanol–water partition coefficient (Wildman–Crippen LogP) is 0.748. The second-order valence-electron chi connectivity index (χ2n) is 5.55. The van der Waals surface area contributed by atoms with E-state index in [1.54, 1.807) is 0 Å². The maximum atomic E-state index is 11.7.